The van der Waals surface area contributed by atoms with E-state index in [0.29, 0.717) is 22.2 Å². The van der Waals surface area contributed by atoms with Gasteiger partial charge in [-0.3, -0.25) is 15.2 Å². The first-order valence-corrected chi connectivity index (χ1v) is 7.63. The van der Waals surface area contributed by atoms with Gasteiger partial charge in [-0.05, 0) is 29.8 Å². The number of aromatic nitrogens is 3. The van der Waals surface area contributed by atoms with Crippen LogP contribution in [0.3, 0.4) is 0 Å². The minimum absolute atomic E-state index is 0.159. The highest BCUT2D eigenvalue weighted by Gasteiger charge is 2.19. The minimum Gasteiger partial charge on any atom is -0.490 e. The average molecular weight is 360 g/mol. The van der Waals surface area contributed by atoms with Gasteiger partial charge in [-0.2, -0.15) is 5.10 Å². The van der Waals surface area contributed by atoms with Gasteiger partial charge in [-0.25, -0.2) is 4.98 Å². The summed E-state index contributed by atoms with van der Waals surface area (Å²) in [6, 6.07) is 11.1. The van der Waals surface area contributed by atoms with Crippen molar-refractivity contribution in [3.05, 3.63) is 69.0 Å². The van der Waals surface area contributed by atoms with Gasteiger partial charge in [-0.1, -0.05) is 23.7 Å². The van der Waals surface area contributed by atoms with Crippen molar-refractivity contribution in [3.63, 3.8) is 0 Å². The van der Waals surface area contributed by atoms with Crippen LogP contribution < -0.4 is 10.5 Å². The van der Waals surface area contributed by atoms with Gasteiger partial charge in [0.2, 0.25) is 0 Å². The number of hydrogen-bond acceptors (Lipinski definition) is 6. The number of ether oxygens (including phenoxy) is 1. The van der Waals surface area contributed by atoms with Gasteiger partial charge >= 0.3 is 5.69 Å². The molecule has 128 valence electrons. The van der Waals surface area contributed by atoms with Crippen molar-refractivity contribution in [1.82, 2.24) is 15.2 Å². The molecule has 1 heterocycles. The lowest BCUT2D eigenvalue weighted by Crippen LogP contribution is -2.13. The smallest absolute Gasteiger partial charge is 0.311 e. The van der Waals surface area contributed by atoms with E-state index in [1.807, 2.05) is 0 Å². The second kappa shape index (κ2) is 6.88. The third kappa shape index (κ3) is 3.44. The fraction of sp³-hybridized carbons (Fsp3) is 0.125. The van der Waals surface area contributed by atoms with Crippen molar-refractivity contribution in [3.8, 4) is 17.1 Å². The molecular weight excluding hydrogens is 346 g/mol. The highest BCUT2D eigenvalue weighted by molar-refractivity contribution is 6.30. The lowest BCUT2D eigenvalue weighted by Gasteiger charge is -2.08. The second-order valence-corrected chi connectivity index (χ2v) is 5.65. The molecule has 0 amide bonds. The Morgan fingerprint density at radius 1 is 1.28 bits per heavy atom. The largest absolute Gasteiger partial charge is 0.490 e. The molecule has 9 heteroatoms. The average Bonchev–Trinajstić information content (AvgIpc) is 3.11. The lowest BCUT2D eigenvalue weighted by molar-refractivity contribution is -0.385. The molecule has 1 atom stereocenters. The van der Waals surface area contributed by atoms with Crippen molar-refractivity contribution in [1.29, 1.82) is 0 Å². The van der Waals surface area contributed by atoms with Gasteiger partial charge in [0.1, 0.15) is 5.82 Å². The van der Waals surface area contributed by atoms with Crippen LogP contribution in [0.5, 0.6) is 5.75 Å². The standard InChI is InChI=1S/C16H14ClN5O3/c1-25-13-7-4-10(8-12(13)22(23)24)15-19-16(21-20-15)14(18)9-2-5-11(17)6-3-9/h2-8,14H,18H2,1H3,(H,19,20,21)/t14-/m0/s1. The molecule has 0 fully saturated rings. The first-order chi connectivity index (χ1) is 12.0. The molecule has 0 radical (unpaired) electrons. The summed E-state index contributed by atoms with van der Waals surface area (Å²) in [4.78, 5) is 15.0. The maximum absolute atomic E-state index is 11.1. The van der Waals surface area contributed by atoms with Gasteiger partial charge in [0.05, 0.1) is 18.1 Å². The summed E-state index contributed by atoms with van der Waals surface area (Å²) in [6.45, 7) is 0. The van der Waals surface area contributed by atoms with E-state index in [0.717, 1.165) is 5.56 Å². The number of nitrogens with one attached hydrogen (secondary N) is 1. The van der Waals surface area contributed by atoms with E-state index in [9.17, 15) is 10.1 Å². The monoisotopic (exact) mass is 359 g/mol. The Hall–Kier alpha value is -2.97. The van der Waals surface area contributed by atoms with Crippen LogP contribution in [0.25, 0.3) is 11.4 Å². The normalized spacial score (nSPS) is 12.0. The van der Waals surface area contributed by atoms with E-state index in [4.69, 9.17) is 22.1 Å². The number of H-pyrrole nitrogens is 1. The SMILES string of the molecule is COc1ccc(-c2n[nH]c([C@@H](N)c3ccc(Cl)cc3)n2)cc1[N+](=O)[O-]. The van der Waals surface area contributed by atoms with E-state index in [1.165, 1.54) is 19.2 Å². The number of methoxy groups -OCH3 is 1. The lowest BCUT2D eigenvalue weighted by atomic mass is 10.1. The minimum atomic E-state index is -0.522. The van der Waals surface area contributed by atoms with E-state index in [2.05, 4.69) is 15.2 Å². The topological polar surface area (TPSA) is 120 Å². The van der Waals surface area contributed by atoms with E-state index >= 15 is 0 Å². The van der Waals surface area contributed by atoms with E-state index in [1.54, 1.807) is 30.3 Å². The van der Waals surface area contributed by atoms with Crippen LogP contribution in [-0.2, 0) is 0 Å². The van der Waals surface area contributed by atoms with Crippen LogP contribution in [-0.4, -0.2) is 27.2 Å². The Labute approximate surface area is 147 Å². The number of nitrogens with two attached hydrogens (primary N) is 1. The predicted molar refractivity (Wildman–Crippen MR) is 92.5 cm³/mol. The molecular formula is C16H14ClN5O3. The fourth-order valence-corrected chi connectivity index (χ4v) is 2.47. The summed E-state index contributed by atoms with van der Waals surface area (Å²) < 4.78 is 4.99. The van der Waals surface area contributed by atoms with Crippen molar-refractivity contribution in [2.75, 3.05) is 7.11 Å². The van der Waals surface area contributed by atoms with Gasteiger partial charge < -0.3 is 10.5 Å². The molecule has 0 aliphatic heterocycles. The molecule has 3 N–H and O–H groups in total. The number of halogens is 1. The molecule has 25 heavy (non-hydrogen) atoms. The van der Waals surface area contributed by atoms with Crippen molar-refractivity contribution >= 4 is 17.3 Å². The van der Waals surface area contributed by atoms with Crippen LogP contribution in [0, 0.1) is 10.1 Å². The number of nitrogens with zero attached hydrogens (tertiary/aromatic N) is 3. The summed E-state index contributed by atoms with van der Waals surface area (Å²) in [5.41, 5.74) is 7.31. The van der Waals surface area contributed by atoms with E-state index in [-0.39, 0.29) is 11.4 Å². The predicted octanol–water partition coefficient (Wildman–Crippen LogP) is 3.09. The number of benzene rings is 2. The van der Waals surface area contributed by atoms with Crippen LogP contribution >= 0.6 is 11.6 Å². The maximum Gasteiger partial charge on any atom is 0.311 e. The third-order valence-electron chi connectivity index (χ3n) is 3.66. The van der Waals surface area contributed by atoms with Crippen LogP contribution in [0.2, 0.25) is 5.02 Å². The molecule has 0 saturated carbocycles. The maximum atomic E-state index is 11.1. The fourth-order valence-electron chi connectivity index (χ4n) is 2.34. The summed E-state index contributed by atoms with van der Waals surface area (Å²) >= 11 is 5.87. The molecule has 3 rings (SSSR count). The van der Waals surface area contributed by atoms with Gasteiger partial charge in [0, 0.05) is 16.7 Å². The molecule has 0 aliphatic rings. The van der Waals surface area contributed by atoms with Gasteiger partial charge in [0.15, 0.2) is 11.6 Å². The second-order valence-electron chi connectivity index (χ2n) is 5.22. The highest BCUT2D eigenvalue weighted by Crippen LogP contribution is 2.31. The summed E-state index contributed by atoms with van der Waals surface area (Å²) in [6.07, 6.45) is 0. The third-order valence-corrected chi connectivity index (χ3v) is 3.91. The zero-order valence-electron chi connectivity index (χ0n) is 13.1. The molecule has 3 aromatic rings. The first-order valence-electron chi connectivity index (χ1n) is 7.25. The Balaban J connectivity index is 1.92. The van der Waals surface area contributed by atoms with Crippen molar-refractivity contribution in [2.24, 2.45) is 5.73 Å². The zero-order valence-corrected chi connectivity index (χ0v) is 13.9. The molecule has 0 bridgehead atoms. The summed E-state index contributed by atoms with van der Waals surface area (Å²) in [5, 5.41) is 18.6. The van der Waals surface area contributed by atoms with Crippen LogP contribution in [0.15, 0.2) is 42.5 Å². The molecule has 0 spiro atoms. The summed E-state index contributed by atoms with van der Waals surface area (Å²) in [5.74, 6) is 0.920. The van der Waals surface area contributed by atoms with Gasteiger partial charge in [-0.15, -0.1) is 0 Å². The molecule has 1 aromatic heterocycles. The van der Waals surface area contributed by atoms with E-state index < -0.39 is 11.0 Å². The number of nitro groups is 1. The van der Waals surface area contributed by atoms with Crippen molar-refractivity contribution in [2.45, 2.75) is 6.04 Å². The number of rotatable bonds is 5. The number of hydrogen-bond donors (Lipinski definition) is 2. The first kappa shape index (κ1) is 16.9. The zero-order chi connectivity index (χ0) is 18.0. The van der Waals surface area contributed by atoms with Gasteiger partial charge in [0.25, 0.3) is 0 Å². The Bertz CT molecular complexity index is 910. The Morgan fingerprint density at radius 3 is 2.64 bits per heavy atom. The van der Waals surface area contributed by atoms with Crippen molar-refractivity contribution < 1.29 is 9.66 Å². The number of nitro benzene ring substituents is 1. The molecule has 2 aromatic carbocycles. The quantitative estimate of drug-likeness (QED) is 0.533. The Morgan fingerprint density at radius 2 is 2.00 bits per heavy atom. The van der Waals surface area contributed by atoms with Crippen LogP contribution in [0.4, 0.5) is 5.69 Å². The van der Waals surface area contributed by atoms with Crippen LogP contribution in [0.1, 0.15) is 17.4 Å². The highest BCUT2D eigenvalue weighted by atomic mass is 35.5. The number of aromatic amines is 1. The molecule has 0 aliphatic carbocycles. The molecule has 0 unspecified atom stereocenters. The molecule has 0 saturated heterocycles. The Kier molecular flexibility index (Phi) is 4.64. The summed E-state index contributed by atoms with van der Waals surface area (Å²) in [7, 11) is 1.37. The molecule has 8 nitrogen and oxygen atoms in total.